The van der Waals surface area contributed by atoms with Crippen LogP contribution in [0.4, 0.5) is 0 Å². The van der Waals surface area contributed by atoms with Crippen LogP contribution >= 0.6 is 0 Å². The number of rotatable bonds is 6. The minimum atomic E-state index is 0.717. The standard InChI is InChI=1S/C44H28.C41H28.C2H6/c1-3-13-31-27-33(23-21-29(31)11-1)35-25-26-42(37-16-6-5-15-36(35)37)44-40-19-9-7-17-38(40)43(39-18-8-10-20-41(39)44)34-24-22-30-12-2-4-14-32(30)28-34;1-2-12-32-26(9-1)10-7-18-34(32)41-37-15-5-3-13-35(37)40(36-14-4-6-16-38(36)41)31-22-20-27-23-30(21-19-28(27)24-31)33-17-8-11-29-25-39(29)33;1-2/h1-28H;1-24,29,39H,25H2;1-2H3. The molecule has 16 aromatic carbocycles. The summed E-state index contributed by atoms with van der Waals surface area (Å²) in [5, 5.41) is 23.0. The van der Waals surface area contributed by atoms with E-state index in [1.54, 1.807) is 0 Å². The fraction of sp³-hybridized carbons (Fsp3) is 0.0575. The molecular formula is C87H62. The van der Waals surface area contributed by atoms with E-state index < -0.39 is 0 Å². The Labute approximate surface area is 508 Å². The van der Waals surface area contributed by atoms with Crippen molar-refractivity contribution in [3.8, 4) is 55.6 Å². The molecule has 1 fully saturated rings. The predicted octanol–water partition coefficient (Wildman–Crippen LogP) is 24.7. The number of fused-ring (bicyclic) bond motifs is 10. The molecule has 0 aliphatic heterocycles. The van der Waals surface area contributed by atoms with Gasteiger partial charge in [-0.1, -0.05) is 305 Å². The van der Waals surface area contributed by atoms with Crippen molar-refractivity contribution >= 4 is 103 Å². The minimum Gasteiger partial charge on any atom is -0.0808 e. The molecule has 0 N–H and O–H groups in total. The second kappa shape index (κ2) is 21.8. The third-order valence-corrected chi connectivity index (χ3v) is 18.5. The van der Waals surface area contributed by atoms with Crippen molar-refractivity contribution in [1.29, 1.82) is 0 Å². The molecule has 1 saturated carbocycles. The summed E-state index contributed by atoms with van der Waals surface area (Å²) in [4.78, 5) is 0. The van der Waals surface area contributed by atoms with Gasteiger partial charge in [0.15, 0.2) is 0 Å². The van der Waals surface area contributed by atoms with Gasteiger partial charge in [0.1, 0.15) is 0 Å². The monoisotopic (exact) mass is 1110 g/mol. The van der Waals surface area contributed by atoms with Gasteiger partial charge in [0.2, 0.25) is 0 Å². The van der Waals surface area contributed by atoms with E-state index in [2.05, 4.69) is 315 Å². The van der Waals surface area contributed by atoms with E-state index in [0.717, 1.165) is 11.8 Å². The summed E-state index contributed by atoms with van der Waals surface area (Å²) >= 11 is 0. The van der Waals surface area contributed by atoms with E-state index in [9.17, 15) is 0 Å². The number of benzene rings is 16. The zero-order valence-electron chi connectivity index (χ0n) is 48.9. The topological polar surface area (TPSA) is 0 Å². The van der Waals surface area contributed by atoms with Crippen molar-refractivity contribution in [1.82, 2.24) is 0 Å². The smallest absolute Gasteiger partial charge is 0.00201 e. The summed E-state index contributed by atoms with van der Waals surface area (Å²) in [7, 11) is 0. The van der Waals surface area contributed by atoms with Gasteiger partial charge in [0, 0.05) is 0 Å². The molecule has 0 amide bonds. The Bertz CT molecular complexity index is 5360. The van der Waals surface area contributed by atoms with Crippen LogP contribution in [0.3, 0.4) is 0 Å². The molecule has 0 bridgehead atoms. The van der Waals surface area contributed by atoms with E-state index in [1.807, 2.05) is 13.8 Å². The lowest BCUT2D eigenvalue weighted by Gasteiger charge is -2.20. The van der Waals surface area contributed by atoms with Crippen LogP contribution in [0, 0.1) is 11.8 Å². The zero-order valence-corrected chi connectivity index (χ0v) is 48.9. The molecule has 0 saturated heterocycles. The Hall–Kier alpha value is -10.7. The van der Waals surface area contributed by atoms with Gasteiger partial charge in [-0.2, -0.15) is 0 Å². The van der Waals surface area contributed by atoms with Gasteiger partial charge in [-0.25, -0.2) is 0 Å². The van der Waals surface area contributed by atoms with E-state index in [1.165, 1.54) is 170 Å². The van der Waals surface area contributed by atoms with Crippen LogP contribution in [0.1, 0.15) is 25.8 Å². The van der Waals surface area contributed by atoms with Crippen molar-refractivity contribution in [2.45, 2.75) is 20.3 Å². The van der Waals surface area contributed by atoms with Crippen LogP contribution in [0.2, 0.25) is 0 Å². The highest BCUT2D eigenvalue weighted by atomic mass is 14.4. The minimum absolute atomic E-state index is 0.717. The lowest BCUT2D eigenvalue weighted by Crippen LogP contribution is -1.93. The molecule has 0 radical (unpaired) electrons. The first-order chi connectivity index (χ1) is 43.2. The van der Waals surface area contributed by atoms with Crippen LogP contribution in [-0.2, 0) is 0 Å². The molecule has 410 valence electrons. The molecule has 0 heteroatoms. The van der Waals surface area contributed by atoms with Gasteiger partial charge >= 0.3 is 0 Å². The maximum Gasteiger partial charge on any atom is -0.00201 e. The third kappa shape index (κ3) is 8.99. The summed E-state index contributed by atoms with van der Waals surface area (Å²) in [5.74, 6) is 1.47. The summed E-state index contributed by atoms with van der Waals surface area (Å²) in [6.07, 6.45) is 8.23. The predicted molar refractivity (Wildman–Crippen MR) is 378 cm³/mol. The first kappa shape index (κ1) is 51.9. The normalized spacial score (nSPS) is 14.3. The molecular weight excluding hydrogens is 1040 g/mol. The van der Waals surface area contributed by atoms with Crippen molar-refractivity contribution < 1.29 is 0 Å². The van der Waals surface area contributed by atoms with Gasteiger partial charge < -0.3 is 0 Å². The molecule has 2 atom stereocenters. The maximum atomic E-state index is 2.39. The van der Waals surface area contributed by atoms with Crippen molar-refractivity contribution in [2.75, 3.05) is 0 Å². The molecule has 16 aromatic rings. The summed E-state index contributed by atoms with van der Waals surface area (Å²) < 4.78 is 0. The fourth-order valence-corrected chi connectivity index (χ4v) is 14.5. The average Bonchev–Trinajstić information content (AvgIpc) is 1.60. The molecule has 0 heterocycles. The molecule has 0 aromatic heterocycles. The highest BCUT2D eigenvalue weighted by Crippen LogP contribution is 2.52. The van der Waals surface area contributed by atoms with Crippen molar-refractivity contribution in [3.05, 3.63) is 321 Å². The van der Waals surface area contributed by atoms with Gasteiger partial charge in [-0.15, -0.1) is 0 Å². The Morgan fingerprint density at radius 2 is 0.575 bits per heavy atom. The molecule has 0 spiro atoms. The van der Waals surface area contributed by atoms with E-state index in [-0.39, 0.29) is 0 Å². The highest BCUT2D eigenvalue weighted by Gasteiger charge is 2.39. The summed E-state index contributed by atoms with van der Waals surface area (Å²) in [6.45, 7) is 4.00. The van der Waals surface area contributed by atoms with Gasteiger partial charge in [-0.05, 0) is 206 Å². The molecule has 0 nitrogen and oxygen atoms in total. The van der Waals surface area contributed by atoms with E-state index >= 15 is 0 Å². The second-order valence-electron chi connectivity index (χ2n) is 23.3. The first-order valence-electron chi connectivity index (χ1n) is 31.0. The SMILES string of the molecule is C1=CC2CC2C(c2ccc3cc(-c4c5ccccc5c(-c5cccc6ccccc56)c5ccccc45)ccc3c2)=C1.CC.c1ccc2cc(-c3ccc(-c4c5ccccc5c(-c5ccc6ccccc6c5)c5ccccc45)c4ccccc34)ccc2c1. The van der Waals surface area contributed by atoms with Crippen molar-refractivity contribution in [3.63, 3.8) is 0 Å². The van der Waals surface area contributed by atoms with Crippen LogP contribution < -0.4 is 0 Å². The molecule has 2 aliphatic carbocycles. The lowest BCUT2D eigenvalue weighted by atomic mass is 9.83. The third-order valence-electron chi connectivity index (χ3n) is 18.5. The maximum absolute atomic E-state index is 2.39. The van der Waals surface area contributed by atoms with Crippen LogP contribution in [-0.4, -0.2) is 0 Å². The number of hydrogen-bond donors (Lipinski definition) is 0. The van der Waals surface area contributed by atoms with Crippen LogP contribution in [0.15, 0.2) is 315 Å². The summed E-state index contributed by atoms with van der Waals surface area (Å²) in [6, 6.07) is 110. The lowest BCUT2D eigenvalue weighted by molar-refractivity contribution is 0.999. The summed E-state index contributed by atoms with van der Waals surface area (Å²) in [5.41, 5.74) is 15.7. The Morgan fingerprint density at radius 3 is 1.09 bits per heavy atom. The molecule has 2 aliphatic rings. The molecule has 18 rings (SSSR count). The zero-order chi connectivity index (χ0) is 58.0. The molecule has 87 heavy (non-hydrogen) atoms. The van der Waals surface area contributed by atoms with Crippen LogP contribution in [0.5, 0.6) is 0 Å². The number of allylic oxidation sites excluding steroid dienone is 4. The van der Waals surface area contributed by atoms with Gasteiger partial charge in [0.25, 0.3) is 0 Å². The van der Waals surface area contributed by atoms with E-state index in [4.69, 9.17) is 0 Å². The first-order valence-corrected chi connectivity index (χ1v) is 31.0. The van der Waals surface area contributed by atoms with Gasteiger partial charge in [-0.3, -0.25) is 0 Å². The molecule has 2 unspecified atom stereocenters. The average molecular weight is 1110 g/mol. The Balaban J connectivity index is 0.000000137. The second-order valence-corrected chi connectivity index (χ2v) is 23.3. The Morgan fingerprint density at radius 1 is 0.241 bits per heavy atom. The quantitative estimate of drug-likeness (QED) is 0.146. The highest BCUT2D eigenvalue weighted by molar-refractivity contribution is 6.26. The van der Waals surface area contributed by atoms with Crippen LogP contribution in [0.25, 0.3) is 158 Å². The number of hydrogen-bond acceptors (Lipinski definition) is 0. The van der Waals surface area contributed by atoms with E-state index in [0.29, 0.717) is 0 Å². The van der Waals surface area contributed by atoms with Crippen molar-refractivity contribution in [2.24, 2.45) is 11.8 Å². The largest absolute Gasteiger partial charge is 0.0808 e. The van der Waals surface area contributed by atoms with Gasteiger partial charge in [0.05, 0.1) is 0 Å². The Kier molecular flexibility index (Phi) is 13.0. The fourth-order valence-electron chi connectivity index (χ4n) is 14.5.